The normalized spacial score (nSPS) is 48.1. The van der Waals surface area contributed by atoms with Crippen molar-refractivity contribution >= 4 is 0 Å². The van der Waals surface area contributed by atoms with Gasteiger partial charge in [-0.3, -0.25) is 0 Å². The Morgan fingerprint density at radius 3 is 2.21 bits per heavy atom. The van der Waals surface area contributed by atoms with E-state index in [4.69, 9.17) is 28.4 Å². The van der Waals surface area contributed by atoms with Gasteiger partial charge in [-0.05, 0) is 112 Å². The Morgan fingerprint density at radius 1 is 0.774 bits per heavy atom. The van der Waals surface area contributed by atoms with Gasteiger partial charge in [-0.25, -0.2) is 0 Å². The highest BCUT2D eigenvalue weighted by Gasteiger charge is 2.67. The molecule has 0 amide bonds. The Bertz CT molecular complexity index is 1540. The fraction of sp³-hybridized carbons (Fsp3) is 0.958. The van der Waals surface area contributed by atoms with Crippen LogP contribution >= 0.6 is 0 Å². The molecule has 14 heteroatoms. The van der Waals surface area contributed by atoms with Gasteiger partial charge in [0.05, 0.1) is 68.1 Å². The molecule has 5 unspecified atom stereocenters. The summed E-state index contributed by atoms with van der Waals surface area (Å²) in [6.07, 6.45) is 0.0613. The molecule has 0 bridgehead atoms. The zero-order valence-corrected chi connectivity index (χ0v) is 38.7. The van der Waals surface area contributed by atoms with E-state index < -0.39 is 86.0 Å². The molecule has 14 nitrogen and oxygen atoms in total. The van der Waals surface area contributed by atoms with Crippen molar-refractivity contribution in [3.05, 3.63) is 11.6 Å². The van der Waals surface area contributed by atoms with Crippen LogP contribution in [0.5, 0.6) is 0 Å². The topological polar surface area (TPSA) is 217 Å². The summed E-state index contributed by atoms with van der Waals surface area (Å²) < 4.78 is 37.0. The van der Waals surface area contributed by atoms with E-state index >= 15 is 0 Å². The zero-order valence-electron chi connectivity index (χ0n) is 38.7. The highest BCUT2D eigenvalue weighted by Crippen LogP contribution is 2.75. The lowest BCUT2D eigenvalue weighted by Crippen LogP contribution is -2.59. The molecule has 0 radical (unpaired) electrons. The third kappa shape index (κ3) is 9.25. The first-order valence-electron chi connectivity index (χ1n) is 24.0. The fourth-order valence-corrected chi connectivity index (χ4v) is 14.0. The van der Waals surface area contributed by atoms with Crippen LogP contribution in [0.2, 0.25) is 0 Å². The van der Waals surface area contributed by atoms with Crippen molar-refractivity contribution in [1.82, 2.24) is 0 Å². The third-order valence-electron chi connectivity index (χ3n) is 18.1. The molecule has 7 aliphatic rings. The van der Waals surface area contributed by atoms with Gasteiger partial charge in [0, 0.05) is 31.1 Å². The van der Waals surface area contributed by atoms with E-state index in [2.05, 4.69) is 47.6 Å². The van der Waals surface area contributed by atoms with Crippen LogP contribution < -0.4 is 0 Å². The third-order valence-corrected chi connectivity index (χ3v) is 18.1. The maximum absolute atomic E-state index is 11.7. The van der Waals surface area contributed by atoms with Gasteiger partial charge in [-0.15, -0.1) is 0 Å². The average Bonchev–Trinajstić information content (AvgIpc) is 3.48. The molecular formula is C48H82O14. The number of aliphatic hydroxyl groups excluding tert-OH is 7. The first-order chi connectivity index (χ1) is 29.0. The Morgan fingerprint density at radius 2 is 1.52 bits per heavy atom. The molecule has 4 aliphatic carbocycles. The molecule has 8 N–H and O–H groups in total. The van der Waals surface area contributed by atoms with Gasteiger partial charge in [0.15, 0.2) is 18.9 Å². The van der Waals surface area contributed by atoms with Crippen molar-refractivity contribution in [3.8, 4) is 0 Å². The van der Waals surface area contributed by atoms with Gasteiger partial charge in [0.1, 0.15) is 18.3 Å². The maximum atomic E-state index is 11.7. The largest absolute Gasteiger partial charge is 0.394 e. The van der Waals surface area contributed by atoms with Crippen molar-refractivity contribution in [2.45, 2.75) is 224 Å². The lowest BCUT2D eigenvalue weighted by Gasteiger charge is -2.66. The molecular weight excluding hydrogens is 801 g/mol. The molecule has 6 fully saturated rings. The molecule has 0 aromatic rings. The summed E-state index contributed by atoms with van der Waals surface area (Å²) in [4.78, 5) is 0. The van der Waals surface area contributed by atoms with Gasteiger partial charge >= 0.3 is 0 Å². The predicted octanol–water partition coefficient (Wildman–Crippen LogP) is 4.09. The predicted molar refractivity (Wildman–Crippen MR) is 228 cm³/mol. The zero-order chi connectivity index (χ0) is 45.2. The van der Waals surface area contributed by atoms with Gasteiger partial charge < -0.3 is 69.3 Å². The van der Waals surface area contributed by atoms with Crippen LogP contribution in [0.25, 0.3) is 0 Å². The van der Waals surface area contributed by atoms with Gasteiger partial charge in [-0.2, -0.15) is 0 Å². The Kier molecular flexibility index (Phi) is 14.8. The highest BCUT2D eigenvalue weighted by molar-refractivity contribution is 5.30. The van der Waals surface area contributed by atoms with E-state index in [0.29, 0.717) is 30.1 Å². The minimum Gasteiger partial charge on any atom is -0.394 e. The number of aliphatic hydroxyl groups is 8. The standard InChI is InChI=1S/C48H82O14/c1-26(30-15-16-48(8)37-12-10-31-32(11-13-38(55)44(31,2)3)46(37,6)17-18-47(30,48)7)9-14-39(45(4,5)56)61-43-41(62-40-20-27(51)19-28(23-49)58-40)34(53)21-29(59-43)25-57-42-35(54)22-33(52)36(24-50)60-42/h10,26-30,32-43,49-56H,9,11-25H2,1-8H3/t26-,27+,28+,29?,30?,32?,33+,34+,35-,36-,37?,38+,39-,40+,41?,42+,43+,46+,47-,48+/m1/s1. The summed E-state index contributed by atoms with van der Waals surface area (Å²) in [5.74, 6) is 1.89. The number of rotatable bonds is 14. The van der Waals surface area contributed by atoms with Crippen molar-refractivity contribution in [2.24, 2.45) is 45.3 Å². The number of ether oxygens (including phenoxy) is 6. The highest BCUT2D eigenvalue weighted by atomic mass is 16.8. The van der Waals surface area contributed by atoms with Crippen molar-refractivity contribution in [1.29, 1.82) is 0 Å². The van der Waals surface area contributed by atoms with Crippen LogP contribution in [-0.4, -0.2) is 146 Å². The monoisotopic (exact) mass is 883 g/mol. The van der Waals surface area contributed by atoms with Crippen molar-refractivity contribution in [3.63, 3.8) is 0 Å². The Balaban J connectivity index is 1.05. The Hall–Kier alpha value is -0.820. The molecule has 7 rings (SSSR count). The molecule has 0 aromatic carbocycles. The summed E-state index contributed by atoms with van der Waals surface area (Å²) in [7, 11) is 0. The number of hydrogen-bond donors (Lipinski definition) is 8. The van der Waals surface area contributed by atoms with Crippen LogP contribution in [0.3, 0.4) is 0 Å². The van der Waals surface area contributed by atoms with Crippen LogP contribution in [0.15, 0.2) is 11.6 Å². The molecule has 62 heavy (non-hydrogen) atoms. The molecule has 0 spiro atoms. The van der Waals surface area contributed by atoms with Crippen LogP contribution in [0, 0.1) is 45.3 Å². The van der Waals surface area contributed by atoms with E-state index in [-0.39, 0.29) is 66.7 Å². The van der Waals surface area contributed by atoms with Crippen molar-refractivity contribution < 1.29 is 69.3 Å². The van der Waals surface area contributed by atoms with Gasteiger partial charge in [0.2, 0.25) is 0 Å². The van der Waals surface area contributed by atoms with E-state index in [9.17, 15) is 40.9 Å². The number of fused-ring (bicyclic) bond motifs is 5. The summed E-state index contributed by atoms with van der Waals surface area (Å²) in [6, 6.07) is 0. The first-order valence-corrected chi connectivity index (χ1v) is 24.0. The minimum absolute atomic E-state index is 0.0401. The summed E-state index contributed by atoms with van der Waals surface area (Å²) in [5, 5.41) is 85.1. The molecule has 3 saturated carbocycles. The van der Waals surface area contributed by atoms with Crippen molar-refractivity contribution in [2.75, 3.05) is 19.8 Å². The minimum atomic E-state index is -1.31. The molecule has 3 saturated heterocycles. The van der Waals surface area contributed by atoms with Gasteiger partial charge in [0.25, 0.3) is 0 Å². The van der Waals surface area contributed by atoms with Crippen LogP contribution in [0.1, 0.15) is 139 Å². The number of allylic oxidation sites excluding steroid dienone is 1. The second-order valence-electron chi connectivity index (χ2n) is 22.6. The molecule has 3 heterocycles. The van der Waals surface area contributed by atoms with E-state index in [1.165, 1.54) is 24.8 Å². The Labute approximate surface area is 369 Å². The van der Waals surface area contributed by atoms with Crippen LogP contribution in [0.4, 0.5) is 0 Å². The average molecular weight is 883 g/mol. The maximum Gasteiger partial charge on any atom is 0.187 e. The molecule has 3 aliphatic heterocycles. The second kappa shape index (κ2) is 18.7. The summed E-state index contributed by atoms with van der Waals surface area (Å²) in [5.41, 5.74) is 0.494. The lowest BCUT2D eigenvalue weighted by atomic mass is 9.39. The molecule has 358 valence electrons. The van der Waals surface area contributed by atoms with Gasteiger partial charge in [-0.1, -0.05) is 53.2 Å². The first kappa shape index (κ1) is 49.1. The molecule has 20 atom stereocenters. The number of hydrogen-bond acceptors (Lipinski definition) is 14. The lowest BCUT2D eigenvalue weighted by molar-refractivity contribution is -0.347. The van der Waals surface area contributed by atoms with Crippen LogP contribution in [-0.2, 0) is 28.4 Å². The van der Waals surface area contributed by atoms with E-state index in [1.54, 1.807) is 13.8 Å². The van der Waals surface area contributed by atoms with E-state index in [0.717, 1.165) is 32.1 Å². The fourth-order valence-electron chi connectivity index (χ4n) is 14.0. The summed E-state index contributed by atoms with van der Waals surface area (Å²) in [6.45, 7) is 17.1. The summed E-state index contributed by atoms with van der Waals surface area (Å²) >= 11 is 0. The smallest absolute Gasteiger partial charge is 0.187 e. The van der Waals surface area contributed by atoms with E-state index in [1.807, 2.05) is 0 Å². The second-order valence-corrected chi connectivity index (χ2v) is 22.6. The quantitative estimate of drug-likeness (QED) is 0.115. The molecule has 0 aromatic heterocycles. The SMILES string of the molecule is C[C@H](CC[C@@H](O[C@@H]1OC(CO[C@H]2O[C@H](CO)[C@@H](O)C[C@H]2O)C[C@H](O)C1O[C@H]1C[C@@H](O)C[C@@H](CO)O1)C(C)(C)O)C1CC[C@@]2(C)C3CC=C4C(CC[C@H](O)C4(C)C)[C@]3(C)CC[C@]12C.